The number of carbonyl (C=O) groups excluding carboxylic acids is 1. The highest BCUT2D eigenvalue weighted by Crippen LogP contribution is 2.28. The molecule has 0 aliphatic rings. The van der Waals surface area contributed by atoms with Gasteiger partial charge in [0.05, 0.1) is 22.0 Å². The summed E-state index contributed by atoms with van der Waals surface area (Å²) in [5, 5.41) is 6.83. The SMILES string of the molecule is O=C(NCc1coc(-c2cccs2)n1)c1sccc1-c1ccccc1. The molecular weight excluding hydrogens is 352 g/mol. The van der Waals surface area contributed by atoms with Crippen molar-refractivity contribution in [2.75, 3.05) is 0 Å². The van der Waals surface area contributed by atoms with Crippen LogP contribution in [0.5, 0.6) is 0 Å². The summed E-state index contributed by atoms with van der Waals surface area (Å²) >= 11 is 3.01. The topological polar surface area (TPSA) is 55.1 Å². The van der Waals surface area contributed by atoms with Crippen LogP contribution in [0.1, 0.15) is 15.4 Å². The second-order valence-electron chi connectivity index (χ2n) is 5.33. The summed E-state index contributed by atoms with van der Waals surface area (Å²) < 4.78 is 5.48. The summed E-state index contributed by atoms with van der Waals surface area (Å²) in [4.78, 5) is 18.6. The molecule has 0 atom stereocenters. The van der Waals surface area contributed by atoms with E-state index >= 15 is 0 Å². The third-order valence-corrected chi connectivity index (χ3v) is 5.44. The molecule has 0 saturated carbocycles. The number of nitrogens with zero attached hydrogens (tertiary/aromatic N) is 1. The molecule has 124 valence electrons. The molecule has 1 N–H and O–H groups in total. The van der Waals surface area contributed by atoms with Gasteiger partial charge < -0.3 is 9.73 Å². The third-order valence-electron chi connectivity index (χ3n) is 3.67. The number of benzene rings is 1. The summed E-state index contributed by atoms with van der Waals surface area (Å²) in [6.07, 6.45) is 1.59. The van der Waals surface area contributed by atoms with Gasteiger partial charge in [-0.15, -0.1) is 22.7 Å². The highest BCUT2D eigenvalue weighted by atomic mass is 32.1. The van der Waals surface area contributed by atoms with Crippen LogP contribution in [0, 0.1) is 0 Å². The van der Waals surface area contributed by atoms with Gasteiger partial charge >= 0.3 is 0 Å². The lowest BCUT2D eigenvalue weighted by atomic mass is 10.1. The van der Waals surface area contributed by atoms with Crippen molar-refractivity contribution in [1.29, 1.82) is 0 Å². The summed E-state index contributed by atoms with van der Waals surface area (Å²) in [6.45, 7) is 0.333. The third kappa shape index (κ3) is 3.40. The van der Waals surface area contributed by atoms with Gasteiger partial charge in [0.1, 0.15) is 6.26 Å². The molecule has 1 aromatic carbocycles. The molecule has 4 aromatic rings. The summed E-state index contributed by atoms with van der Waals surface area (Å²) in [6, 6.07) is 15.8. The van der Waals surface area contributed by atoms with Gasteiger partial charge in [0.15, 0.2) is 0 Å². The van der Waals surface area contributed by atoms with Crippen molar-refractivity contribution >= 4 is 28.6 Å². The van der Waals surface area contributed by atoms with Crippen molar-refractivity contribution in [3.05, 3.63) is 76.1 Å². The van der Waals surface area contributed by atoms with Gasteiger partial charge in [-0.3, -0.25) is 4.79 Å². The molecule has 4 rings (SSSR count). The largest absolute Gasteiger partial charge is 0.443 e. The first-order valence-corrected chi connectivity index (χ1v) is 9.46. The fourth-order valence-electron chi connectivity index (χ4n) is 2.48. The molecule has 0 bridgehead atoms. The molecule has 3 aromatic heterocycles. The van der Waals surface area contributed by atoms with E-state index in [0.29, 0.717) is 23.0 Å². The standard InChI is InChI=1S/C19H14N2O2S2/c22-18(17-15(8-10-25-17)13-5-2-1-3-6-13)20-11-14-12-23-19(21-14)16-7-4-9-24-16/h1-10,12H,11H2,(H,20,22). The van der Waals surface area contributed by atoms with Gasteiger partial charge in [0.2, 0.25) is 5.89 Å². The maximum atomic E-state index is 12.6. The highest BCUT2D eigenvalue weighted by molar-refractivity contribution is 7.13. The van der Waals surface area contributed by atoms with Crippen molar-refractivity contribution in [3.8, 4) is 21.9 Å². The minimum absolute atomic E-state index is 0.102. The van der Waals surface area contributed by atoms with Crippen LogP contribution in [0.15, 0.2) is 70.0 Å². The zero-order valence-electron chi connectivity index (χ0n) is 13.1. The minimum atomic E-state index is -0.102. The van der Waals surface area contributed by atoms with E-state index in [2.05, 4.69) is 10.3 Å². The first-order chi connectivity index (χ1) is 12.3. The Bertz CT molecular complexity index is 972. The molecule has 1 amide bonds. The molecule has 3 heterocycles. The van der Waals surface area contributed by atoms with E-state index in [4.69, 9.17) is 4.42 Å². The molecule has 4 nitrogen and oxygen atoms in total. The lowest BCUT2D eigenvalue weighted by Gasteiger charge is -2.05. The Morgan fingerprint density at radius 2 is 1.92 bits per heavy atom. The van der Waals surface area contributed by atoms with Crippen LogP contribution in [0.25, 0.3) is 21.9 Å². The Hall–Kier alpha value is -2.70. The number of aromatic nitrogens is 1. The summed E-state index contributed by atoms with van der Waals surface area (Å²) in [7, 11) is 0. The van der Waals surface area contributed by atoms with Gasteiger partial charge in [-0.1, -0.05) is 36.4 Å². The van der Waals surface area contributed by atoms with Crippen molar-refractivity contribution < 1.29 is 9.21 Å². The molecular formula is C19H14N2O2S2. The number of thiophene rings is 2. The minimum Gasteiger partial charge on any atom is -0.443 e. The first kappa shape index (κ1) is 15.8. The van der Waals surface area contributed by atoms with Crippen LogP contribution in [0.3, 0.4) is 0 Å². The molecule has 0 fully saturated rings. The second-order valence-corrected chi connectivity index (χ2v) is 7.20. The van der Waals surface area contributed by atoms with Gasteiger partial charge in [-0.05, 0) is 28.5 Å². The Morgan fingerprint density at radius 1 is 1.04 bits per heavy atom. The quantitative estimate of drug-likeness (QED) is 0.537. The molecule has 25 heavy (non-hydrogen) atoms. The van der Waals surface area contributed by atoms with Gasteiger partial charge in [-0.2, -0.15) is 0 Å². The van der Waals surface area contributed by atoms with Crippen molar-refractivity contribution in [2.24, 2.45) is 0 Å². The molecule has 0 radical (unpaired) electrons. The smallest absolute Gasteiger partial charge is 0.262 e. The molecule has 0 aliphatic carbocycles. The predicted octanol–water partition coefficient (Wildman–Crippen LogP) is 5.06. The van der Waals surface area contributed by atoms with Crippen LogP contribution < -0.4 is 5.32 Å². The number of hydrogen-bond acceptors (Lipinski definition) is 5. The molecule has 6 heteroatoms. The average molecular weight is 366 g/mol. The lowest BCUT2D eigenvalue weighted by molar-refractivity contribution is 0.0955. The van der Waals surface area contributed by atoms with Crippen LogP contribution in [-0.2, 0) is 6.54 Å². The first-order valence-electron chi connectivity index (χ1n) is 7.70. The van der Waals surface area contributed by atoms with E-state index in [9.17, 15) is 4.79 Å². The zero-order chi connectivity index (χ0) is 17.1. The average Bonchev–Trinajstić information content (AvgIpc) is 3.41. The number of rotatable bonds is 5. The molecule has 0 spiro atoms. The van der Waals surface area contributed by atoms with Crippen LogP contribution in [-0.4, -0.2) is 10.9 Å². The maximum Gasteiger partial charge on any atom is 0.262 e. The second kappa shape index (κ2) is 7.04. The fraction of sp³-hybridized carbons (Fsp3) is 0.0526. The van der Waals surface area contributed by atoms with Crippen molar-refractivity contribution in [2.45, 2.75) is 6.54 Å². The van der Waals surface area contributed by atoms with E-state index in [1.165, 1.54) is 11.3 Å². The normalized spacial score (nSPS) is 10.7. The Labute approximate surface area is 152 Å². The van der Waals surface area contributed by atoms with Gasteiger partial charge in [0.25, 0.3) is 5.91 Å². The predicted molar refractivity (Wildman–Crippen MR) is 101 cm³/mol. The monoisotopic (exact) mass is 366 g/mol. The Balaban J connectivity index is 1.46. The van der Waals surface area contributed by atoms with E-state index in [1.807, 2.05) is 59.3 Å². The summed E-state index contributed by atoms with van der Waals surface area (Å²) in [5.74, 6) is 0.481. The summed E-state index contributed by atoms with van der Waals surface area (Å²) in [5.41, 5.74) is 2.69. The van der Waals surface area contributed by atoms with Crippen molar-refractivity contribution in [1.82, 2.24) is 10.3 Å². The fourth-order valence-corrected chi connectivity index (χ4v) is 3.97. The van der Waals surface area contributed by atoms with Crippen molar-refractivity contribution in [3.63, 3.8) is 0 Å². The zero-order valence-corrected chi connectivity index (χ0v) is 14.8. The maximum absolute atomic E-state index is 12.6. The number of hydrogen-bond donors (Lipinski definition) is 1. The lowest BCUT2D eigenvalue weighted by Crippen LogP contribution is -2.22. The van der Waals surface area contributed by atoms with Crippen LogP contribution >= 0.6 is 22.7 Å². The number of nitrogens with one attached hydrogen (secondary N) is 1. The highest BCUT2D eigenvalue weighted by Gasteiger charge is 2.15. The number of carbonyl (C=O) groups is 1. The van der Waals surface area contributed by atoms with E-state index in [1.54, 1.807) is 17.6 Å². The number of oxazole rings is 1. The number of amides is 1. The molecule has 0 saturated heterocycles. The van der Waals surface area contributed by atoms with Crippen LogP contribution in [0.2, 0.25) is 0 Å². The Morgan fingerprint density at radius 3 is 2.72 bits per heavy atom. The van der Waals surface area contributed by atoms with E-state index in [0.717, 1.165) is 16.0 Å². The van der Waals surface area contributed by atoms with E-state index < -0.39 is 0 Å². The van der Waals surface area contributed by atoms with Gasteiger partial charge in [0, 0.05) is 5.56 Å². The van der Waals surface area contributed by atoms with E-state index in [-0.39, 0.29) is 5.91 Å². The molecule has 0 aliphatic heterocycles. The van der Waals surface area contributed by atoms with Crippen LogP contribution in [0.4, 0.5) is 0 Å². The van der Waals surface area contributed by atoms with Gasteiger partial charge in [-0.25, -0.2) is 4.98 Å². The molecule has 0 unspecified atom stereocenters. The Kier molecular flexibility index (Phi) is 4.45.